The maximum Gasteiger partial charge on any atom is 0.225 e. The Morgan fingerprint density at radius 3 is 2.42 bits per heavy atom. The summed E-state index contributed by atoms with van der Waals surface area (Å²) in [5, 5.41) is 6.89. The highest BCUT2D eigenvalue weighted by molar-refractivity contribution is 5.80. The standard InChI is InChI=1S/C19H27N7/c1-20-18(22-10-5-9-21-17-7-3-2-4-8-17)25-13-15-26(16-14-25)19-23-11-6-12-24-19/h2-4,6-8,11-12,21H,5,9-10,13-16H2,1H3,(H,20,22). The molecule has 2 aromatic rings. The van der Waals surface area contributed by atoms with E-state index in [0.29, 0.717) is 0 Å². The fourth-order valence-corrected chi connectivity index (χ4v) is 2.98. The minimum atomic E-state index is 0.807. The number of guanidine groups is 1. The first-order valence-corrected chi connectivity index (χ1v) is 9.13. The molecule has 0 radical (unpaired) electrons. The Hall–Kier alpha value is -2.83. The lowest BCUT2D eigenvalue weighted by Gasteiger charge is -2.36. The van der Waals surface area contributed by atoms with Crippen molar-refractivity contribution in [2.24, 2.45) is 4.99 Å². The normalized spacial score (nSPS) is 15.0. The number of para-hydroxylation sites is 1. The number of nitrogens with one attached hydrogen (secondary N) is 2. The van der Waals surface area contributed by atoms with E-state index in [4.69, 9.17) is 0 Å². The number of anilines is 2. The van der Waals surface area contributed by atoms with Gasteiger partial charge in [-0.15, -0.1) is 0 Å². The second-order valence-electron chi connectivity index (χ2n) is 6.14. The van der Waals surface area contributed by atoms with Crippen molar-refractivity contribution in [3.63, 3.8) is 0 Å². The highest BCUT2D eigenvalue weighted by Crippen LogP contribution is 2.09. The molecule has 0 amide bonds. The fraction of sp³-hybridized carbons (Fsp3) is 0.421. The summed E-state index contributed by atoms with van der Waals surface area (Å²) in [6, 6.07) is 12.1. The molecule has 0 unspecified atom stereocenters. The molecule has 0 bridgehead atoms. The molecule has 1 aliphatic heterocycles. The summed E-state index contributed by atoms with van der Waals surface area (Å²) in [7, 11) is 1.84. The number of rotatable bonds is 6. The van der Waals surface area contributed by atoms with Crippen molar-refractivity contribution < 1.29 is 0 Å². The Kier molecular flexibility index (Phi) is 6.64. The molecule has 7 nitrogen and oxygen atoms in total. The van der Waals surface area contributed by atoms with E-state index < -0.39 is 0 Å². The van der Waals surface area contributed by atoms with E-state index in [1.165, 1.54) is 0 Å². The van der Waals surface area contributed by atoms with Gasteiger partial charge in [0.15, 0.2) is 5.96 Å². The van der Waals surface area contributed by atoms with Gasteiger partial charge in [0.1, 0.15) is 0 Å². The summed E-state index contributed by atoms with van der Waals surface area (Å²) in [6.45, 7) is 5.47. The highest BCUT2D eigenvalue weighted by Gasteiger charge is 2.20. The van der Waals surface area contributed by atoms with Gasteiger partial charge in [0.25, 0.3) is 0 Å². The molecule has 2 heterocycles. The van der Waals surface area contributed by atoms with Gasteiger partial charge in [-0.05, 0) is 24.6 Å². The van der Waals surface area contributed by atoms with Crippen LogP contribution in [0.15, 0.2) is 53.8 Å². The first-order chi connectivity index (χ1) is 12.9. The third-order valence-corrected chi connectivity index (χ3v) is 4.37. The Bertz CT molecular complexity index is 667. The van der Waals surface area contributed by atoms with Crippen molar-refractivity contribution in [2.75, 3.05) is 56.5 Å². The van der Waals surface area contributed by atoms with E-state index >= 15 is 0 Å². The summed E-state index contributed by atoms with van der Waals surface area (Å²) in [5.41, 5.74) is 1.16. The molecule has 2 N–H and O–H groups in total. The number of benzene rings is 1. The predicted octanol–water partition coefficient (Wildman–Crippen LogP) is 1.68. The van der Waals surface area contributed by atoms with Crippen LogP contribution < -0.4 is 15.5 Å². The monoisotopic (exact) mass is 353 g/mol. The van der Waals surface area contributed by atoms with E-state index in [1.807, 2.05) is 31.3 Å². The van der Waals surface area contributed by atoms with Crippen LogP contribution in [0.1, 0.15) is 6.42 Å². The van der Waals surface area contributed by atoms with E-state index in [2.05, 4.69) is 47.5 Å². The lowest BCUT2D eigenvalue weighted by Crippen LogP contribution is -2.53. The molecule has 7 heteroatoms. The quantitative estimate of drug-likeness (QED) is 0.468. The Balaban J connectivity index is 1.37. The molecule has 0 spiro atoms. The molecule has 1 aromatic carbocycles. The molecule has 0 saturated carbocycles. The number of piperazine rings is 1. The second kappa shape index (κ2) is 9.60. The Morgan fingerprint density at radius 2 is 1.73 bits per heavy atom. The van der Waals surface area contributed by atoms with Crippen LogP contribution in [-0.2, 0) is 0 Å². The van der Waals surface area contributed by atoms with Crippen LogP contribution in [0, 0.1) is 0 Å². The molecule has 0 atom stereocenters. The summed E-state index contributed by atoms with van der Waals surface area (Å²) >= 11 is 0. The van der Waals surface area contributed by atoms with Crippen molar-refractivity contribution in [1.29, 1.82) is 0 Å². The average molecular weight is 353 g/mol. The topological polar surface area (TPSA) is 68.7 Å². The lowest BCUT2D eigenvalue weighted by molar-refractivity contribution is 0.370. The van der Waals surface area contributed by atoms with Crippen molar-refractivity contribution in [3.8, 4) is 0 Å². The van der Waals surface area contributed by atoms with Crippen LogP contribution in [0.4, 0.5) is 11.6 Å². The molecule has 1 saturated heterocycles. The first kappa shape index (κ1) is 18.0. The van der Waals surface area contributed by atoms with Gasteiger partial charge in [0.05, 0.1) is 0 Å². The maximum atomic E-state index is 4.43. The molecule has 1 aliphatic rings. The highest BCUT2D eigenvalue weighted by atomic mass is 15.4. The van der Waals surface area contributed by atoms with Gasteiger partial charge in [0, 0.05) is 64.4 Å². The van der Waals surface area contributed by atoms with Crippen LogP contribution in [-0.4, -0.2) is 67.1 Å². The number of hydrogen-bond acceptors (Lipinski definition) is 5. The summed E-state index contributed by atoms with van der Waals surface area (Å²) in [4.78, 5) is 17.6. The van der Waals surface area contributed by atoms with Gasteiger partial charge in [-0.1, -0.05) is 18.2 Å². The number of aromatic nitrogens is 2. The minimum Gasteiger partial charge on any atom is -0.385 e. The Labute approximate surface area is 155 Å². The molecule has 138 valence electrons. The predicted molar refractivity (Wildman–Crippen MR) is 107 cm³/mol. The van der Waals surface area contributed by atoms with E-state index in [9.17, 15) is 0 Å². The van der Waals surface area contributed by atoms with Crippen LogP contribution >= 0.6 is 0 Å². The van der Waals surface area contributed by atoms with Crippen LogP contribution in [0.2, 0.25) is 0 Å². The zero-order valence-corrected chi connectivity index (χ0v) is 15.3. The van der Waals surface area contributed by atoms with Crippen LogP contribution in [0.5, 0.6) is 0 Å². The van der Waals surface area contributed by atoms with Crippen molar-refractivity contribution in [1.82, 2.24) is 20.2 Å². The summed E-state index contributed by atoms with van der Waals surface area (Å²) in [5.74, 6) is 1.78. The van der Waals surface area contributed by atoms with Crippen LogP contribution in [0.25, 0.3) is 0 Å². The minimum absolute atomic E-state index is 0.807. The van der Waals surface area contributed by atoms with Gasteiger partial charge < -0.3 is 20.4 Å². The molecule has 1 aromatic heterocycles. The maximum absolute atomic E-state index is 4.43. The molecular weight excluding hydrogens is 326 g/mol. The fourth-order valence-electron chi connectivity index (χ4n) is 2.98. The van der Waals surface area contributed by atoms with Gasteiger partial charge in [-0.25, -0.2) is 9.97 Å². The molecular formula is C19H27N7. The van der Waals surface area contributed by atoms with Gasteiger partial charge in [0.2, 0.25) is 5.95 Å². The number of nitrogens with zero attached hydrogens (tertiary/aromatic N) is 5. The van der Waals surface area contributed by atoms with Gasteiger partial charge >= 0.3 is 0 Å². The van der Waals surface area contributed by atoms with Crippen molar-refractivity contribution in [2.45, 2.75) is 6.42 Å². The SMILES string of the molecule is CN=C(NCCCNc1ccccc1)N1CCN(c2ncccn2)CC1. The number of hydrogen-bond donors (Lipinski definition) is 2. The number of aliphatic imine (C=N–C) groups is 1. The summed E-state index contributed by atoms with van der Waals surface area (Å²) < 4.78 is 0. The van der Waals surface area contributed by atoms with E-state index in [0.717, 1.165) is 63.3 Å². The molecule has 3 rings (SSSR count). The smallest absolute Gasteiger partial charge is 0.225 e. The van der Waals surface area contributed by atoms with E-state index in [1.54, 1.807) is 12.4 Å². The third-order valence-electron chi connectivity index (χ3n) is 4.37. The molecule has 26 heavy (non-hydrogen) atoms. The zero-order valence-electron chi connectivity index (χ0n) is 15.3. The van der Waals surface area contributed by atoms with Gasteiger partial charge in [-0.2, -0.15) is 0 Å². The first-order valence-electron chi connectivity index (χ1n) is 9.13. The van der Waals surface area contributed by atoms with Gasteiger partial charge in [-0.3, -0.25) is 4.99 Å². The summed E-state index contributed by atoms with van der Waals surface area (Å²) in [6.07, 6.45) is 4.61. The van der Waals surface area contributed by atoms with E-state index in [-0.39, 0.29) is 0 Å². The van der Waals surface area contributed by atoms with Crippen LogP contribution in [0.3, 0.4) is 0 Å². The third kappa shape index (κ3) is 5.08. The Morgan fingerprint density at radius 1 is 1.00 bits per heavy atom. The lowest BCUT2D eigenvalue weighted by atomic mass is 10.3. The van der Waals surface area contributed by atoms with Crippen molar-refractivity contribution in [3.05, 3.63) is 48.8 Å². The largest absolute Gasteiger partial charge is 0.385 e. The van der Waals surface area contributed by atoms with Crippen molar-refractivity contribution >= 4 is 17.6 Å². The average Bonchev–Trinajstić information content (AvgIpc) is 2.72. The second-order valence-corrected chi connectivity index (χ2v) is 6.14. The molecule has 0 aliphatic carbocycles. The molecule has 1 fully saturated rings. The zero-order chi connectivity index (χ0) is 18.0.